The molecule has 2 aromatic heterocycles. The molecule has 0 radical (unpaired) electrons. The number of halogens is 3. The van der Waals surface area contributed by atoms with E-state index >= 15 is 0 Å². The van der Waals surface area contributed by atoms with Crippen LogP contribution in [0.2, 0.25) is 0 Å². The molecule has 120 valence electrons. The SMILES string of the molecule is CCn1nc(C)c(Cn2c(=O)c(C(F)(F)F)cn(C)c2=O)n1. The van der Waals surface area contributed by atoms with Crippen molar-refractivity contribution in [3.05, 3.63) is 44.0 Å². The van der Waals surface area contributed by atoms with Crippen LogP contribution < -0.4 is 11.2 Å². The molecule has 0 N–H and O–H groups in total. The molecular weight excluding hydrogens is 303 g/mol. The molecular formula is C12H14F3N5O2. The van der Waals surface area contributed by atoms with E-state index in [0.29, 0.717) is 23.0 Å². The molecule has 0 fully saturated rings. The fourth-order valence-corrected chi connectivity index (χ4v) is 1.96. The summed E-state index contributed by atoms with van der Waals surface area (Å²) in [6.45, 7) is 3.51. The normalized spacial score (nSPS) is 11.9. The molecule has 0 unspecified atom stereocenters. The Kier molecular flexibility index (Phi) is 3.94. The Bertz CT molecular complexity index is 816. The zero-order valence-corrected chi connectivity index (χ0v) is 12.2. The number of hydrogen-bond acceptors (Lipinski definition) is 4. The Labute approximate surface area is 122 Å². The van der Waals surface area contributed by atoms with E-state index in [-0.39, 0.29) is 12.2 Å². The minimum Gasteiger partial charge on any atom is -0.303 e. The second-order valence-corrected chi connectivity index (χ2v) is 4.75. The summed E-state index contributed by atoms with van der Waals surface area (Å²) in [5.41, 5.74) is -2.90. The molecule has 0 aliphatic carbocycles. The van der Waals surface area contributed by atoms with Gasteiger partial charge in [0, 0.05) is 13.2 Å². The first-order valence-corrected chi connectivity index (χ1v) is 6.43. The number of nitrogens with zero attached hydrogens (tertiary/aromatic N) is 5. The predicted octanol–water partition coefficient (Wildman–Crippen LogP) is 0.534. The van der Waals surface area contributed by atoms with Crippen molar-refractivity contribution in [3.8, 4) is 0 Å². The van der Waals surface area contributed by atoms with Crippen molar-refractivity contribution >= 4 is 0 Å². The first-order valence-electron chi connectivity index (χ1n) is 6.43. The molecule has 0 atom stereocenters. The highest BCUT2D eigenvalue weighted by Gasteiger charge is 2.36. The average Bonchev–Trinajstić information content (AvgIpc) is 2.78. The Morgan fingerprint density at radius 2 is 1.86 bits per heavy atom. The second kappa shape index (κ2) is 5.43. The molecule has 0 amide bonds. The van der Waals surface area contributed by atoms with Gasteiger partial charge in [0.2, 0.25) is 0 Å². The van der Waals surface area contributed by atoms with Crippen LogP contribution in [0.4, 0.5) is 13.2 Å². The van der Waals surface area contributed by atoms with Gasteiger partial charge in [-0.2, -0.15) is 28.2 Å². The van der Waals surface area contributed by atoms with Gasteiger partial charge in [0.25, 0.3) is 5.56 Å². The maximum Gasteiger partial charge on any atom is 0.423 e. The van der Waals surface area contributed by atoms with Gasteiger partial charge in [0.05, 0.1) is 18.8 Å². The minimum atomic E-state index is -4.83. The van der Waals surface area contributed by atoms with Gasteiger partial charge in [-0.05, 0) is 13.8 Å². The first kappa shape index (κ1) is 16.0. The van der Waals surface area contributed by atoms with E-state index in [9.17, 15) is 22.8 Å². The van der Waals surface area contributed by atoms with Crippen LogP contribution in [0.1, 0.15) is 23.9 Å². The average molecular weight is 317 g/mol. The van der Waals surface area contributed by atoms with Gasteiger partial charge >= 0.3 is 11.9 Å². The molecule has 2 rings (SSSR count). The fraction of sp³-hybridized carbons (Fsp3) is 0.500. The summed E-state index contributed by atoms with van der Waals surface area (Å²) in [4.78, 5) is 25.3. The van der Waals surface area contributed by atoms with Crippen molar-refractivity contribution in [2.24, 2.45) is 7.05 Å². The lowest BCUT2D eigenvalue weighted by molar-refractivity contribution is -0.139. The monoisotopic (exact) mass is 317 g/mol. The lowest BCUT2D eigenvalue weighted by atomic mass is 10.3. The number of rotatable bonds is 3. The summed E-state index contributed by atoms with van der Waals surface area (Å²) in [7, 11) is 1.16. The Morgan fingerprint density at radius 3 is 2.36 bits per heavy atom. The zero-order valence-electron chi connectivity index (χ0n) is 12.2. The van der Waals surface area contributed by atoms with E-state index in [1.165, 1.54) is 4.80 Å². The number of aryl methyl sites for hydroxylation is 3. The van der Waals surface area contributed by atoms with E-state index in [0.717, 1.165) is 11.6 Å². The maximum absolute atomic E-state index is 12.9. The van der Waals surface area contributed by atoms with Gasteiger partial charge in [-0.3, -0.25) is 9.36 Å². The van der Waals surface area contributed by atoms with Crippen LogP contribution in [0.5, 0.6) is 0 Å². The van der Waals surface area contributed by atoms with Crippen LogP contribution in [-0.2, 0) is 26.3 Å². The third-order valence-corrected chi connectivity index (χ3v) is 3.15. The van der Waals surface area contributed by atoms with Crippen molar-refractivity contribution in [2.75, 3.05) is 0 Å². The lowest BCUT2D eigenvalue weighted by Crippen LogP contribution is -2.42. The Morgan fingerprint density at radius 1 is 1.23 bits per heavy atom. The first-order chi connectivity index (χ1) is 10.1. The van der Waals surface area contributed by atoms with Gasteiger partial charge in [-0.1, -0.05) is 0 Å². The number of hydrogen-bond donors (Lipinski definition) is 0. The molecule has 0 aromatic carbocycles. The fourth-order valence-electron chi connectivity index (χ4n) is 1.96. The maximum atomic E-state index is 12.9. The summed E-state index contributed by atoms with van der Waals surface area (Å²) in [6, 6.07) is 0. The van der Waals surface area contributed by atoms with Crippen LogP contribution in [-0.4, -0.2) is 24.1 Å². The summed E-state index contributed by atoms with van der Waals surface area (Å²) in [6.07, 6.45) is -4.34. The third-order valence-electron chi connectivity index (χ3n) is 3.15. The molecule has 0 spiro atoms. The Balaban J connectivity index is 2.60. The molecule has 0 saturated heterocycles. The standard InChI is InChI=1S/C12H14F3N5O2/c1-4-20-16-7(2)9(17-20)6-19-10(21)8(12(13,14)15)5-18(3)11(19)22/h5H,4,6H2,1-3H3. The van der Waals surface area contributed by atoms with E-state index in [4.69, 9.17) is 0 Å². The minimum absolute atomic E-state index is 0.278. The van der Waals surface area contributed by atoms with E-state index in [2.05, 4.69) is 10.2 Å². The van der Waals surface area contributed by atoms with Gasteiger partial charge < -0.3 is 4.57 Å². The highest BCUT2D eigenvalue weighted by Crippen LogP contribution is 2.25. The zero-order chi connectivity index (χ0) is 16.7. The summed E-state index contributed by atoms with van der Waals surface area (Å²) in [5, 5.41) is 8.08. The highest BCUT2D eigenvalue weighted by molar-refractivity contribution is 5.13. The second-order valence-electron chi connectivity index (χ2n) is 4.75. The topological polar surface area (TPSA) is 74.7 Å². The van der Waals surface area contributed by atoms with Crippen LogP contribution in [0.25, 0.3) is 0 Å². The molecule has 0 aliphatic rings. The van der Waals surface area contributed by atoms with Gasteiger partial charge in [0.1, 0.15) is 11.3 Å². The molecule has 2 aromatic rings. The molecule has 7 nitrogen and oxygen atoms in total. The van der Waals surface area contributed by atoms with Crippen LogP contribution in [0.3, 0.4) is 0 Å². The molecule has 0 bridgehead atoms. The van der Waals surface area contributed by atoms with Crippen LogP contribution in [0.15, 0.2) is 15.8 Å². The Hall–Kier alpha value is -2.39. The van der Waals surface area contributed by atoms with E-state index in [1.54, 1.807) is 13.8 Å². The highest BCUT2D eigenvalue weighted by atomic mass is 19.4. The summed E-state index contributed by atoms with van der Waals surface area (Å²) >= 11 is 0. The molecule has 10 heteroatoms. The smallest absolute Gasteiger partial charge is 0.303 e. The van der Waals surface area contributed by atoms with Crippen molar-refractivity contribution in [2.45, 2.75) is 33.1 Å². The van der Waals surface area contributed by atoms with Crippen molar-refractivity contribution < 1.29 is 13.2 Å². The van der Waals surface area contributed by atoms with Crippen molar-refractivity contribution in [1.82, 2.24) is 24.1 Å². The van der Waals surface area contributed by atoms with Crippen molar-refractivity contribution in [1.29, 1.82) is 0 Å². The number of alkyl halides is 3. The quantitative estimate of drug-likeness (QED) is 0.828. The van der Waals surface area contributed by atoms with Gasteiger partial charge in [-0.15, -0.1) is 0 Å². The van der Waals surface area contributed by atoms with Gasteiger partial charge in [-0.25, -0.2) is 4.79 Å². The predicted molar refractivity (Wildman–Crippen MR) is 70.5 cm³/mol. The van der Waals surface area contributed by atoms with E-state index in [1.807, 2.05) is 0 Å². The molecule has 0 saturated carbocycles. The van der Waals surface area contributed by atoms with Gasteiger partial charge in [0.15, 0.2) is 0 Å². The third kappa shape index (κ3) is 2.81. The van der Waals surface area contributed by atoms with Crippen LogP contribution in [0, 0.1) is 6.92 Å². The number of aromatic nitrogens is 5. The summed E-state index contributed by atoms with van der Waals surface area (Å²) < 4.78 is 39.8. The van der Waals surface area contributed by atoms with E-state index < -0.39 is 23.0 Å². The molecule has 22 heavy (non-hydrogen) atoms. The lowest BCUT2D eigenvalue weighted by Gasteiger charge is -2.11. The largest absolute Gasteiger partial charge is 0.423 e. The summed E-state index contributed by atoms with van der Waals surface area (Å²) in [5.74, 6) is 0. The van der Waals surface area contributed by atoms with Crippen molar-refractivity contribution in [3.63, 3.8) is 0 Å². The molecule has 2 heterocycles. The molecule has 0 aliphatic heterocycles. The van der Waals surface area contributed by atoms with Crippen LogP contribution >= 0.6 is 0 Å².